The molecule has 1 aromatic heterocycles. The van der Waals surface area contributed by atoms with Crippen molar-refractivity contribution in [1.29, 1.82) is 0 Å². The molecular formula is C27H21ClN2O5. The monoisotopic (exact) mass is 488 g/mol. The SMILES string of the molecule is COc1cc2c(cc1OC)-c1c([N+](=O)[O-])c(-c3ccccc3Cl)c(C(=O)c3ccccc3)n1CC2. The summed E-state index contributed by atoms with van der Waals surface area (Å²) in [6.07, 6.45) is 0.561. The van der Waals surface area contributed by atoms with E-state index in [1.165, 1.54) is 7.11 Å². The molecule has 0 saturated heterocycles. The molecule has 2 heterocycles. The summed E-state index contributed by atoms with van der Waals surface area (Å²) in [5.41, 5.74) is 3.02. The normalized spacial score (nSPS) is 12.0. The highest BCUT2D eigenvalue weighted by Gasteiger charge is 2.39. The topological polar surface area (TPSA) is 83.6 Å². The van der Waals surface area contributed by atoms with Gasteiger partial charge in [-0.2, -0.15) is 0 Å². The van der Waals surface area contributed by atoms with Gasteiger partial charge in [-0.15, -0.1) is 0 Å². The second-order valence-corrected chi connectivity index (χ2v) is 8.53. The minimum absolute atomic E-state index is 0.162. The number of aromatic nitrogens is 1. The van der Waals surface area contributed by atoms with E-state index in [4.69, 9.17) is 21.1 Å². The van der Waals surface area contributed by atoms with Gasteiger partial charge in [-0.3, -0.25) is 14.9 Å². The number of benzene rings is 3. The Morgan fingerprint density at radius 3 is 2.29 bits per heavy atom. The number of rotatable bonds is 6. The molecule has 176 valence electrons. The molecule has 0 aliphatic carbocycles. The summed E-state index contributed by atoms with van der Waals surface area (Å²) >= 11 is 6.53. The number of hydrogen-bond donors (Lipinski definition) is 0. The van der Waals surface area contributed by atoms with Gasteiger partial charge in [0.05, 0.1) is 24.7 Å². The van der Waals surface area contributed by atoms with E-state index in [2.05, 4.69) is 0 Å². The smallest absolute Gasteiger partial charge is 0.303 e. The number of carbonyl (C=O) groups is 1. The first-order valence-corrected chi connectivity index (χ1v) is 11.3. The molecule has 7 nitrogen and oxygen atoms in total. The van der Waals surface area contributed by atoms with E-state index in [0.29, 0.717) is 51.9 Å². The first-order valence-electron chi connectivity index (χ1n) is 11.0. The summed E-state index contributed by atoms with van der Waals surface area (Å²) in [5.74, 6) is 0.685. The minimum Gasteiger partial charge on any atom is -0.493 e. The number of fused-ring (bicyclic) bond motifs is 3. The molecule has 1 aliphatic heterocycles. The number of carbonyl (C=O) groups excluding carboxylic acids is 1. The lowest BCUT2D eigenvalue weighted by molar-refractivity contribution is -0.383. The number of halogens is 1. The average molecular weight is 489 g/mol. The zero-order valence-corrected chi connectivity index (χ0v) is 19.8. The van der Waals surface area contributed by atoms with E-state index in [1.54, 1.807) is 66.3 Å². The zero-order valence-electron chi connectivity index (χ0n) is 19.1. The first-order chi connectivity index (χ1) is 17.0. The number of aryl methyl sites for hydroxylation is 1. The number of methoxy groups -OCH3 is 2. The highest BCUT2D eigenvalue weighted by atomic mass is 35.5. The van der Waals surface area contributed by atoms with Gasteiger partial charge in [0.1, 0.15) is 11.4 Å². The summed E-state index contributed by atoms with van der Waals surface area (Å²) in [4.78, 5) is 26.1. The molecular weight excluding hydrogens is 468 g/mol. The van der Waals surface area contributed by atoms with Crippen molar-refractivity contribution < 1.29 is 19.2 Å². The predicted octanol–water partition coefficient (Wildman–Crippen LogP) is 6.19. The Bertz CT molecular complexity index is 1480. The third kappa shape index (κ3) is 3.65. The zero-order chi connectivity index (χ0) is 24.7. The molecule has 0 fully saturated rings. The molecule has 4 aromatic rings. The van der Waals surface area contributed by atoms with Gasteiger partial charge in [-0.05, 0) is 30.2 Å². The van der Waals surface area contributed by atoms with Crippen LogP contribution in [0.15, 0.2) is 66.7 Å². The Morgan fingerprint density at radius 2 is 1.63 bits per heavy atom. The number of ether oxygens (including phenoxy) is 2. The molecule has 35 heavy (non-hydrogen) atoms. The van der Waals surface area contributed by atoms with Gasteiger partial charge in [-0.25, -0.2) is 0 Å². The van der Waals surface area contributed by atoms with Crippen LogP contribution >= 0.6 is 11.6 Å². The van der Waals surface area contributed by atoms with Crippen LogP contribution in [0.5, 0.6) is 11.5 Å². The molecule has 0 spiro atoms. The Labute approximate surface area is 206 Å². The number of nitrogens with zero attached hydrogens (tertiary/aromatic N) is 2. The van der Waals surface area contributed by atoms with Gasteiger partial charge < -0.3 is 14.0 Å². The second kappa shape index (κ2) is 8.92. The molecule has 0 N–H and O–H groups in total. The van der Waals surface area contributed by atoms with Crippen molar-refractivity contribution in [2.24, 2.45) is 0 Å². The third-order valence-corrected chi connectivity index (χ3v) is 6.61. The van der Waals surface area contributed by atoms with Gasteiger partial charge >= 0.3 is 5.69 Å². The molecule has 0 amide bonds. The van der Waals surface area contributed by atoms with Gasteiger partial charge in [0.2, 0.25) is 5.78 Å². The number of ketones is 1. The van der Waals surface area contributed by atoms with Crippen molar-refractivity contribution in [2.75, 3.05) is 14.2 Å². The maximum atomic E-state index is 13.9. The summed E-state index contributed by atoms with van der Waals surface area (Å²) in [6, 6.07) is 19.2. The van der Waals surface area contributed by atoms with E-state index < -0.39 is 4.92 Å². The fraction of sp³-hybridized carbons (Fsp3) is 0.148. The maximum Gasteiger partial charge on any atom is 0.303 e. The predicted molar refractivity (Wildman–Crippen MR) is 134 cm³/mol. The molecule has 0 saturated carbocycles. The lowest BCUT2D eigenvalue weighted by Crippen LogP contribution is -2.17. The highest BCUT2D eigenvalue weighted by Crippen LogP contribution is 2.50. The lowest BCUT2D eigenvalue weighted by Gasteiger charge is -2.22. The fourth-order valence-corrected chi connectivity index (χ4v) is 4.97. The van der Waals surface area contributed by atoms with Crippen LogP contribution in [0.4, 0.5) is 5.69 Å². The summed E-state index contributed by atoms with van der Waals surface area (Å²) < 4.78 is 12.7. The van der Waals surface area contributed by atoms with Crippen molar-refractivity contribution >= 4 is 23.1 Å². The molecule has 1 aliphatic rings. The van der Waals surface area contributed by atoms with E-state index in [9.17, 15) is 14.9 Å². The van der Waals surface area contributed by atoms with E-state index in [0.717, 1.165) is 5.56 Å². The van der Waals surface area contributed by atoms with Crippen LogP contribution in [-0.4, -0.2) is 29.5 Å². The second-order valence-electron chi connectivity index (χ2n) is 8.12. The molecule has 0 unspecified atom stereocenters. The number of nitro groups is 1. The quantitative estimate of drug-likeness (QED) is 0.183. The largest absolute Gasteiger partial charge is 0.493 e. The van der Waals surface area contributed by atoms with Crippen LogP contribution in [0, 0.1) is 10.1 Å². The van der Waals surface area contributed by atoms with E-state index in [-0.39, 0.29) is 22.7 Å². The van der Waals surface area contributed by atoms with Crippen molar-refractivity contribution in [1.82, 2.24) is 4.57 Å². The maximum absolute atomic E-state index is 13.9. The van der Waals surface area contributed by atoms with Crippen LogP contribution in [-0.2, 0) is 13.0 Å². The van der Waals surface area contributed by atoms with E-state index >= 15 is 0 Å². The molecule has 5 rings (SSSR count). The average Bonchev–Trinajstić information content (AvgIpc) is 3.23. The fourth-order valence-electron chi connectivity index (χ4n) is 4.74. The molecule has 0 atom stereocenters. The molecule has 3 aromatic carbocycles. The Kier molecular flexibility index (Phi) is 5.78. The number of hydrogen-bond acceptors (Lipinski definition) is 5. The molecule has 0 bridgehead atoms. The summed E-state index contributed by atoms with van der Waals surface area (Å²) in [5, 5.41) is 12.9. The van der Waals surface area contributed by atoms with Gasteiger partial charge in [0.25, 0.3) is 0 Å². The van der Waals surface area contributed by atoms with Crippen LogP contribution in [0.2, 0.25) is 5.02 Å². The van der Waals surface area contributed by atoms with Crippen LogP contribution in [0.1, 0.15) is 21.6 Å². The Balaban J connectivity index is 1.90. The summed E-state index contributed by atoms with van der Waals surface area (Å²) in [7, 11) is 3.06. The Morgan fingerprint density at radius 1 is 0.971 bits per heavy atom. The molecule has 0 radical (unpaired) electrons. The highest BCUT2D eigenvalue weighted by molar-refractivity contribution is 6.34. The van der Waals surface area contributed by atoms with Crippen LogP contribution in [0.3, 0.4) is 0 Å². The van der Waals surface area contributed by atoms with Gasteiger partial charge in [-0.1, -0.05) is 60.1 Å². The lowest BCUT2D eigenvalue weighted by atomic mass is 9.95. The van der Waals surface area contributed by atoms with Crippen molar-refractivity contribution in [3.05, 3.63) is 98.7 Å². The van der Waals surface area contributed by atoms with Crippen molar-refractivity contribution in [3.63, 3.8) is 0 Å². The summed E-state index contributed by atoms with van der Waals surface area (Å²) in [6.45, 7) is 0.386. The van der Waals surface area contributed by atoms with Crippen molar-refractivity contribution in [3.8, 4) is 33.9 Å². The first kappa shape index (κ1) is 22.7. The van der Waals surface area contributed by atoms with Crippen LogP contribution < -0.4 is 9.47 Å². The standard InChI is InChI=1S/C27H21ClN2O5/c1-34-21-14-17-12-13-29-24(19(17)15-22(21)35-2)25(30(32)33)23(18-10-6-7-11-20(18)28)26(29)27(31)16-8-4-3-5-9-16/h3-11,14-15H,12-13H2,1-2H3. The Hall–Kier alpha value is -4.10. The minimum atomic E-state index is -0.432. The van der Waals surface area contributed by atoms with Crippen LogP contribution in [0.25, 0.3) is 22.4 Å². The van der Waals surface area contributed by atoms with Gasteiger partial charge in [0, 0.05) is 28.3 Å². The van der Waals surface area contributed by atoms with Crippen molar-refractivity contribution in [2.45, 2.75) is 13.0 Å². The van der Waals surface area contributed by atoms with Gasteiger partial charge in [0.15, 0.2) is 11.5 Å². The molecule has 8 heteroatoms. The third-order valence-electron chi connectivity index (χ3n) is 6.28. The van der Waals surface area contributed by atoms with E-state index in [1.807, 2.05) is 12.1 Å².